The third kappa shape index (κ3) is 9.21. The first-order valence-electron chi connectivity index (χ1n) is 20.4. The maximum atomic E-state index is 12.3. The van der Waals surface area contributed by atoms with Crippen LogP contribution in [-0.4, -0.2) is 79.5 Å². The van der Waals surface area contributed by atoms with E-state index in [1.807, 2.05) is 49.4 Å². The van der Waals surface area contributed by atoms with Crippen molar-refractivity contribution in [3.05, 3.63) is 126 Å². The molecule has 0 atom stereocenters. The predicted molar refractivity (Wildman–Crippen MR) is 235 cm³/mol. The van der Waals surface area contributed by atoms with Crippen LogP contribution >= 0.6 is 0 Å². The van der Waals surface area contributed by atoms with Gasteiger partial charge >= 0.3 is 6.09 Å². The van der Waals surface area contributed by atoms with Crippen molar-refractivity contribution in [2.24, 2.45) is 5.73 Å². The molecule has 13 heteroatoms. The Balaban J connectivity index is 0.000000176. The number of nitrogens with zero attached hydrogens (tertiary/aromatic N) is 7. The number of para-hydroxylation sites is 2. The van der Waals surface area contributed by atoms with Crippen molar-refractivity contribution in [2.75, 3.05) is 36.0 Å². The molecule has 60 heavy (non-hydrogen) atoms. The number of nitrogens with one attached hydrogen (secondary N) is 1. The SMILES string of the molecule is Cc1ccc2c(N3CCC(N)CC3)nc(-c3ccccc3O)nc2c1.Cc1ccc2c(N3CCC(NC(=O)OCc4cccnc4)CC3)nc(-c3ccccc3O)nc2c1. The molecule has 9 rings (SSSR count). The quantitative estimate of drug-likeness (QED) is 0.123. The number of benzene rings is 4. The van der Waals surface area contributed by atoms with Crippen LogP contribution in [0, 0.1) is 13.8 Å². The van der Waals surface area contributed by atoms with Crippen molar-refractivity contribution in [1.29, 1.82) is 0 Å². The van der Waals surface area contributed by atoms with Crippen LogP contribution in [-0.2, 0) is 11.3 Å². The number of aromatic nitrogens is 5. The second-order valence-corrected chi connectivity index (χ2v) is 15.5. The first-order valence-corrected chi connectivity index (χ1v) is 20.4. The van der Waals surface area contributed by atoms with E-state index in [2.05, 4.69) is 57.4 Å². The monoisotopic (exact) mass is 803 g/mol. The molecule has 7 aromatic rings. The molecule has 5 heterocycles. The minimum Gasteiger partial charge on any atom is -0.507 e. The summed E-state index contributed by atoms with van der Waals surface area (Å²) in [6, 6.07) is 30.7. The lowest BCUT2D eigenvalue weighted by atomic mass is 10.0. The van der Waals surface area contributed by atoms with E-state index >= 15 is 0 Å². The number of ether oxygens (including phenoxy) is 1. The van der Waals surface area contributed by atoms with E-state index < -0.39 is 6.09 Å². The van der Waals surface area contributed by atoms with Gasteiger partial charge in [-0.15, -0.1) is 0 Å². The molecule has 13 nitrogen and oxygen atoms in total. The van der Waals surface area contributed by atoms with Gasteiger partial charge in [-0.05, 0) is 105 Å². The number of rotatable bonds is 7. The van der Waals surface area contributed by atoms with Gasteiger partial charge in [0.1, 0.15) is 29.7 Å². The predicted octanol–water partition coefficient (Wildman–Crippen LogP) is 7.84. The minimum atomic E-state index is -0.419. The fourth-order valence-electron chi connectivity index (χ4n) is 7.68. The number of alkyl carbamates (subject to hydrolysis) is 1. The van der Waals surface area contributed by atoms with Gasteiger partial charge in [-0.3, -0.25) is 4.98 Å². The molecule has 0 radical (unpaired) electrons. The number of phenols is 2. The Bertz CT molecular complexity index is 2610. The van der Waals surface area contributed by atoms with Gasteiger partial charge in [-0.1, -0.05) is 42.5 Å². The smallest absolute Gasteiger partial charge is 0.407 e. The van der Waals surface area contributed by atoms with Crippen LogP contribution in [0.5, 0.6) is 11.5 Å². The molecule has 2 fully saturated rings. The van der Waals surface area contributed by atoms with Gasteiger partial charge in [0.05, 0.1) is 22.2 Å². The molecule has 2 aliphatic rings. The molecule has 2 saturated heterocycles. The van der Waals surface area contributed by atoms with Gasteiger partial charge in [-0.25, -0.2) is 24.7 Å². The summed E-state index contributed by atoms with van der Waals surface area (Å²) in [4.78, 5) is 40.0. The highest BCUT2D eigenvalue weighted by atomic mass is 16.5. The van der Waals surface area contributed by atoms with Gasteiger partial charge < -0.3 is 35.8 Å². The Morgan fingerprint density at radius 3 is 1.72 bits per heavy atom. The third-order valence-corrected chi connectivity index (χ3v) is 11.0. The summed E-state index contributed by atoms with van der Waals surface area (Å²) in [5.41, 5.74) is 12.2. The summed E-state index contributed by atoms with van der Waals surface area (Å²) in [5.74, 6) is 3.16. The standard InChI is InChI=1S/C27H27N5O3.C20H22N4O/c1-18-8-9-21-23(15-18)30-25(22-6-2-3-7-24(22)33)31-26(21)32-13-10-20(11-14-32)29-27(34)35-17-19-5-4-12-28-16-19;1-13-6-7-15-17(12-13)22-19(16-4-2-3-5-18(16)25)23-20(15)24-10-8-14(21)9-11-24/h2-9,12,15-16,20,33H,10-11,13-14,17H2,1H3,(H,29,34);2-7,12,14,25H,8-11,21H2,1H3. The average molecular weight is 804 g/mol. The average Bonchev–Trinajstić information content (AvgIpc) is 3.26. The number of aryl methyl sites for hydroxylation is 2. The molecule has 0 aliphatic carbocycles. The van der Waals surface area contributed by atoms with Crippen molar-refractivity contribution >= 4 is 39.5 Å². The van der Waals surface area contributed by atoms with E-state index in [1.54, 1.807) is 36.7 Å². The van der Waals surface area contributed by atoms with Crippen LogP contribution in [0.15, 0.2) is 109 Å². The Morgan fingerprint density at radius 1 is 0.700 bits per heavy atom. The second kappa shape index (κ2) is 18.0. The number of hydrogen-bond acceptors (Lipinski definition) is 12. The number of fused-ring (bicyclic) bond motifs is 2. The zero-order valence-corrected chi connectivity index (χ0v) is 33.8. The second-order valence-electron chi connectivity index (χ2n) is 15.5. The van der Waals surface area contributed by atoms with Gasteiger partial charge in [-0.2, -0.15) is 0 Å². The minimum absolute atomic E-state index is 0.0284. The van der Waals surface area contributed by atoms with Crippen molar-refractivity contribution < 1.29 is 19.7 Å². The first kappa shape index (κ1) is 39.9. The van der Waals surface area contributed by atoms with Crippen LogP contribution < -0.4 is 20.9 Å². The topological polar surface area (TPSA) is 176 Å². The molecule has 1 amide bonds. The van der Waals surface area contributed by atoms with Crippen LogP contribution in [0.3, 0.4) is 0 Å². The fourth-order valence-corrected chi connectivity index (χ4v) is 7.68. The van der Waals surface area contributed by atoms with Crippen LogP contribution in [0.1, 0.15) is 42.4 Å². The number of amides is 1. The number of pyridine rings is 1. The Hall–Kier alpha value is -6.86. The third-order valence-electron chi connectivity index (χ3n) is 11.0. The normalized spacial score (nSPS) is 14.8. The highest BCUT2D eigenvalue weighted by Crippen LogP contribution is 2.35. The van der Waals surface area contributed by atoms with Crippen molar-refractivity contribution in [1.82, 2.24) is 30.2 Å². The zero-order chi connectivity index (χ0) is 41.6. The van der Waals surface area contributed by atoms with Crippen LogP contribution in [0.4, 0.5) is 16.4 Å². The van der Waals surface area contributed by atoms with Crippen molar-refractivity contribution in [3.63, 3.8) is 0 Å². The molecular formula is C47H49N9O4. The van der Waals surface area contributed by atoms with Gasteiger partial charge in [0, 0.05) is 67.0 Å². The van der Waals surface area contributed by atoms with Crippen LogP contribution in [0.2, 0.25) is 0 Å². The lowest BCUT2D eigenvalue weighted by Crippen LogP contribution is -2.45. The van der Waals surface area contributed by atoms with Gasteiger partial charge in [0.25, 0.3) is 0 Å². The summed E-state index contributed by atoms with van der Waals surface area (Å²) in [5, 5.41) is 25.6. The molecular weight excluding hydrogens is 755 g/mol. The molecule has 0 spiro atoms. The number of phenolic OH excluding ortho intramolecular Hbond substituents is 2. The maximum absolute atomic E-state index is 12.3. The number of hydrogen-bond donors (Lipinski definition) is 4. The van der Waals surface area contributed by atoms with E-state index in [0.717, 1.165) is 102 Å². The largest absolute Gasteiger partial charge is 0.507 e. The Kier molecular flexibility index (Phi) is 12.0. The lowest BCUT2D eigenvalue weighted by molar-refractivity contribution is 0.134. The number of aromatic hydroxyl groups is 2. The summed E-state index contributed by atoms with van der Waals surface area (Å²) >= 11 is 0. The molecule has 2 aliphatic heterocycles. The van der Waals surface area contributed by atoms with E-state index in [1.165, 1.54) is 0 Å². The Morgan fingerprint density at radius 2 is 1.22 bits per heavy atom. The molecule has 0 unspecified atom stereocenters. The van der Waals surface area contributed by atoms with Crippen molar-refractivity contribution in [3.8, 4) is 34.3 Å². The first-order chi connectivity index (χ1) is 29.2. The molecule has 3 aromatic heterocycles. The van der Waals surface area contributed by atoms with E-state index in [4.69, 9.17) is 30.4 Å². The lowest BCUT2D eigenvalue weighted by Gasteiger charge is -2.33. The van der Waals surface area contributed by atoms with Crippen molar-refractivity contribution in [2.45, 2.75) is 58.2 Å². The van der Waals surface area contributed by atoms with E-state index in [9.17, 15) is 15.0 Å². The maximum Gasteiger partial charge on any atom is 0.407 e. The summed E-state index contributed by atoms with van der Waals surface area (Å²) in [6.07, 6.45) is 6.41. The van der Waals surface area contributed by atoms with E-state index in [0.29, 0.717) is 22.8 Å². The number of nitrogens with two attached hydrogens (primary N) is 1. The number of carbonyl (C=O) groups is 1. The molecule has 4 aromatic carbocycles. The molecule has 5 N–H and O–H groups in total. The molecule has 0 saturated carbocycles. The number of carbonyl (C=O) groups excluding carboxylic acids is 1. The van der Waals surface area contributed by atoms with E-state index in [-0.39, 0.29) is 30.2 Å². The molecule has 0 bridgehead atoms. The number of anilines is 2. The molecule has 306 valence electrons. The highest BCUT2D eigenvalue weighted by molar-refractivity contribution is 5.93. The van der Waals surface area contributed by atoms with Gasteiger partial charge in [0.15, 0.2) is 11.6 Å². The van der Waals surface area contributed by atoms with Crippen LogP contribution in [0.25, 0.3) is 44.6 Å². The fraction of sp³-hybridized carbons (Fsp3) is 0.277. The highest BCUT2D eigenvalue weighted by Gasteiger charge is 2.25. The van der Waals surface area contributed by atoms with Gasteiger partial charge in [0.2, 0.25) is 0 Å². The summed E-state index contributed by atoms with van der Waals surface area (Å²) in [6.45, 7) is 7.52. The summed E-state index contributed by atoms with van der Waals surface area (Å²) < 4.78 is 5.34. The number of piperidine rings is 2. The summed E-state index contributed by atoms with van der Waals surface area (Å²) in [7, 11) is 0. The zero-order valence-electron chi connectivity index (χ0n) is 33.8. The Labute approximate surface area is 348 Å².